The van der Waals surface area contributed by atoms with Gasteiger partial charge in [-0.2, -0.15) is 5.10 Å². The molecule has 1 aromatic heterocycles. The van der Waals surface area contributed by atoms with Crippen LogP contribution in [-0.2, 0) is 6.42 Å². The fourth-order valence-electron chi connectivity index (χ4n) is 2.58. The number of halogens is 2. The molecular formula is C18H16ClFN2. The Kier molecular flexibility index (Phi) is 4.25. The molecule has 3 rings (SSSR count). The van der Waals surface area contributed by atoms with E-state index in [-0.39, 0.29) is 5.02 Å². The number of nitrogens with one attached hydrogen (secondary N) is 1. The van der Waals surface area contributed by atoms with Crippen molar-refractivity contribution in [3.8, 4) is 22.4 Å². The Bertz CT molecular complexity index is 781. The lowest BCUT2D eigenvalue weighted by Gasteiger charge is -2.07. The summed E-state index contributed by atoms with van der Waals surface area (Å²) in [6.07, 6.45) is 1.91. The molecule has 4 heteroatoms. The van der Waals surface area contributed by atoms with E-state index in [1.165, 1.54) is 6.07 Å². The molecule has 112 valence electrons. The predicted octanol–water partition coefficient (Wildman–Crippen LogP) is 5.49. The van der Waals surface area contributed by atoms with E-state index < -0.39 is 5.82 Å². The maximum atomic E-state index is 13.8. The summed E-state index contributed by atoms with van der Waals surface area (Å²) in [5.41, 5.74) is 4.65. The van der Waals surface area contributed by atoms with Gasteiger partial charge in [0.05, 0.1) is 5.02 Å². The molecule has 0 aliphatic heterocycles. The number of rotatable bonds is 4. The van der Waals surface area contributed by atoms with Crippen LogP contribution in [0.2, 0.25) is 5.02 Å². The second-order valence-electron chi connectivity index (χ2n) is 5.17. The highest BCUT2D eigenvalue weighted by atomic mass is 35.5. The minimum Gasteiger partial charge on any atom is -0.281 e. The summed E-state index contributed by atoms with van der Waals surface area (Å²) in [7, 11) is 0. The number of nitrogens with zero attached hydrogens (tertiary/aromatic N) is 1. The van der Waals surface area contributed by atoms with E-state index >= 15 is 0 Å². The summed E-state index contributed by atoms with van der Waals surface area (Å²) >= 11 is 5.78. The van der Waals surface area contributed by atoms with E-state index in [4.69, 9.17) is 11.6 Å². The van der Waals surface area contributed by atoms with Gasteiger partial charge in [-0.1, -0.05) is 61.3 Å². The lowest BCUT2D eigenvalue weighted by atomic mass is 9.97. The second kappa shape index (κ2) is 6.32. The van der Waals surface area contributed by atoms with Gasteiger partial charge in [-0.25, -0.2) is 4.39 Å². The van der Waals surface area contributed by atoms with Crippen molar-refractivity contribution < 1.29 is 4.39 Å². The van der Waals surface area contributed by atoms with E-state index in [1.54, 1.807) is 12.1 Å². The molecule has 2 nitrogen and oxygen atoms in total. The number of H-pyrrole nitrogens is 1. The summed E-state index contributed by atoms with van der Waals surface area (Å²) in [6, 6.07) is 14.8. The van der Waals surface area contributed by atoms with Crippen molar-refractivity contribution in [2.24, 2.45) is 0 Å². The van der Waals surface area contributed by atoms with Crippen molar-refractivity contribution in [3.05, 3.63) is 65.1 Å². The van der Waals surface area contributed by atoms with Crippen molar-refractivity contribution in [1.29, 1.82) is 0 Å². The third kappa shape index (κ3) is 2.77. The molecule has 0 saturated carbocycles. The zero-order valence-corrected chi connectivity index (χ0v) is 13.0. The first-order valence-corrected chi connectivity index (χ1v) is 7.66. The Morgan fingerprint density at radius 2 is 1.86 bits per heavy atom. The molecule has 0 spiro atoms. The lowest BCUT2D eigenvalue weighted by Crippen LogP contribution is -1.89. The molecule has 0 aliphatic carbocycles. The van der Waals surface area contributed by atoms with Gasteiger partial charge >= 0.3 is 0 Å². The van der Waals surface area contributed by atoms with Crippen LogP contribution in [0.15, 0.2) is 48.5 Å². The monoisotopic (exact) mass is 314 g/mol. The predicted molar refractivity (Wildman–Crippen MR) is 88.4 cm³/mol. The Morgan fingerprint density at radius 1 is 1.09 bits per heavy atom. The van der Waals surface area contributed by atoms with Crippen molar-refractivity contribution in [2.75, 3.05) is 0 Å². The maximum absolute atomic E-state index is 13.8. The fraction of sp³-hybridized carbons (Fsp3) is 0.167. The highest BCUT2D eigenvalue weighted by molar-refractivity contribution is 6.30. The van der Waals surface area contributed by atoms with E-state index in [0.717, 1.165) is 40.9 Å². The number of benzene rings is 2. The molecule has 1 heterocycles. The first-order valence-electron chi connectivity index (χ1n) is 7.28. The molecule has 3 aromatic rings. The smallest absolute Gasteiger partial charge is 0.142 e. The third-order valence-corrected chi connectivity index (χ3v) is 3.90. The van der Waals surface area contributed by atoms with Crippen LogP contribution < -0.4 is 0 Å². The molecule has 0 radical (unpaired) electrons. The van der Waals surface area contributed by atoms with Crippen LogP contribution in [0, 0.1) is 5.82 Å². The average molecular weight is 315 g/mol. The second-order valence-corrected chi connectivity index (χ2v) is 5.58. The summed E-state index contributed by atoms with van der Waals surface area (Å²) in [4.78, 5) is 0. The SMILES string of the molecule is CCCc1[nH]nc(-c2ccc(Cl)c(F)c2)c1-c1ccccc1. The molecule has 0 amide bonds. The summed E-state index contributed by atoms with van der Waals surface area (Å²) in [5, 5.41) is 7.64. The normalized spacial score (nSPS) is 10.9. The number of aromatic amines is 1. The largest absolute Gasteiger partial charge is 0.281 e. The van der Waals surface area contributed by atoms with Gasteiger partial charge in [-0.05, 0) is 24.1 Å². The lowest BCUT2D eigenvalue weighted by molar-refractivity contribution is 0.628. The molecule has 0 unspecified atom stereocenters. The van der Waals surface area contributed by atoms with E-state index in [2.05, 4.69) is 17.1 Å². The minimum absolute atomic E-state index is 0.120. The summed E-state index contributed by atoms with van der Waals surface area (Å²) < 4.78 is 13.8. The molecule has 0 atom stereocenters. The van der Waals surface area contributed by atoms with Gasteiger partial charge in [0.15, 0.2) is 0 Å². The van der Waals surface area contributed by atoms with Crippen LogP contribution in [0.5, 0.6) is 0 Å². The summed E-state index contributed by atoms with van der Waals surface area (Å²) in [5.74, 6) is -0.432. The van der Waals surface area contributed by atoms with E-state index in [0.29, 0.717) is 0 Å². The summed E-state index contributed by atoms with van der Waals surface area (Å²) in [6.45, 7) is 2.12. The van der Waals surface area contributed by atoms with Gasteiger partial charge in [0.25, 0.3) is 0 Å². The number of aromatic nitrogens is 2. The quantitative estimate of drug-likeness (QED) is 0.678. The van der Waals surface area contributed by atoms with Crippen LogP contribution in [0.4, 0.5) is 4.39 Å². The molecule has 0 saturated heterocycles. The standard InChI is InChI=1S/C18H16ClFN2/c1-2-6-16-17(12-7-4-3-5-8-12)18(22-21-16)13-9-10-14(19)15(20)11-13/h3-5,7-11H,2,6H2,1H3,(H,21,22). The Morgan fingerprint density at radius 3 is 2.55 bits per heavy atom. The minimum atomic E-state index is -0.432. The van der Waals surface area contributed by atoms with Gasteiger partial charge in [0.1, 0.15) is 11.5 Å². The average Bonchev–Trinajstić information content (AvgIpc) is 2.95. The van der Waals surface area contributed by atoms with Gasteiger partial charge < -0.3 is 0 Å². The van der Waals surface area contributed by atoms with E-state index in [9.17, 15) is 4.39 Å². The van der Waals surface area contributed by atoms with E-state index in [1.807, 2.05) is 30.3 Å². The molecule has 0 fully saturated rings. The molecule has 1 N–H and O–H groups in total. The maximum Gasteiger partial charge on any atom is 0.142 e. The van der Waals surface area contributed by atoms with Crippen LogP contribution >= 0.6 is 11.6 Å². The molecular weight excluding hydrogens is 299 g/mol. The molecule has 0 aliphatic rings. The highest BCUT2D eigenvalue weighted by Gasteiger charge is 2.17. The van der Waals surface area contributed by atoms with Gasteiger partial charge in [-0.15, -0.1) is 0 Å². The zero-order chi connectivity index (χ0) is 15.5. The fourth-order valence-corrected chi connectivity index (χ4v) is 2.69. The third-order valence-electron chi connectivity index (χ3n) is 3.60. The van der Waals surface area contributed by atoms with Crippen LogP contribution in [-0.4, -0.2) is 10.2 Å². The molecule has 22 heavy (non-hydrogen) atoms. The van der Waals surface area contributed by atoms with Gasteiger partial charge in [0.2, 0.25) is 0 Å². The Balaban J connectivity index is 2.17. The van der Waals surface area contributed by atoms with Gasteiger partial charge in [0, 0.05) is 16.8 Å². The number of aryl methyl sites for hydroxylation is 1. The van der Waals surface area contributed by atoms with Crippen LogP contribution in [0.1, 0.15) is 19.0 Å². The first-order chi connectivity index (χ1) is 10.7. The first kappa shape index (κ1) is 14.8. The molecule has 2 aromatic carbocycles. The topological polar surface area (TPSA) is 28.7 Å². The highest BCUT2D eigenvalue weighted by Crippen LogP contribution is 2.34. The Labute approximate surface area is 134 Å². The van der Waals surface area contributed by atoms with Crippen molar-refractivity contribution >= 4 is 11.6 Å². The van der Waals surface area contributed by atoms with Gasteiger partial charge in [-0.3, -0.25) is 5.10 Å². The number of hydrogen-bond acceptors (Lipinski definition) is 1. The van der Waals surface area contributed by atoms with Crippen molar-refractivity contribution in [1.82, 2.24) is 10.2 Å². The zero-order valence-electron chi connectivity index (χ0n) is 12.2. The molecule has 0 bridgehead atoms. The number of hydrogen-bond donors (Lipinski definition) is 1. The van der Waals surface area contributed by atoms with Crippen LogP contribution in [0.3, 0.4) is 0 Å². The van der Waals surface area contributed by atoms with Crippen molar-refractivity contribution in [2.45, 2.75) is 19.8 Å². The van der Waals surface area contributed by atoms with Crippen LogP contribution in [0.25, 0.3) is 22.4 Å². The van der Waals surface area contributed by atoms with Crippen molar-refractivity contribution in [3.63, 3.8) is 0 Å². The Hall–Kier alpha value is -2.13.